The molecule has 1 heterocycles. The molecule has 0 fully saturated rings. The fourth-order valence-electron chi connectivity index (χ4n) is 4.71. The third-order valence-electron chi connectivity index (χ3n) is 6.93. The third kappa shape index (κ3) is 7.33. The monoisotopic (exact) mass is 555 g/mol. The minimum absolute atomic E-state index is 0.0989. The van der Waals surface area contributed by atoms with Crippen LogP contribution in [0.3, 0.4) is 0 Å². The van der Waals surface area contributed by atoms with E-state index in [1.807, 2.05) is 43.3 Å². The number of carbonyl (C=O) groups is 2. The molecule has 4 aromatic rings. The number of nitrogens with one attached hydrogen (secondary N) is 1. The van der Waals surface area contributed by atoms with Crippen molar-refractivity contribution in [1.82, 2.24) is 4.57 Å². The van der Waals surface area contributed by atoms with Gasteiger partial charge in [-0.15, -0.1) is 0 Å². The highest BCUT2D eigenvalue weighted by Gasteiger charge is 2.21. The van der Waals surface area contributed by atoms with Crippen molar-refractivity contribution in [1.29, 1.82) is 0 Å². The van der Waals surface area contributed by atoms with Crippen molar-refractivity contribution in [2.75, 3.05) is 5.32 Å². The van der Waals surface area contributed by atoms with Crippen molar-refractivity contribution < 1.29 is 24.3 Å². The molecule has 8 nitrogen and oxygen atoms in total. The van der Waals surface area contributed by atoms with E-state index in [1.54, 1.807) is 37.5 Å². The molecule has 0 saturated carbocycles. The van der Waals surface area contributed by atoms with Gasteiger partial charge in [-0.2, -0.15) is 0 Å². The number of nitrogens with zero attached hydrogens (tertiary/aromatic N) is 2. The van der Waals surface area contributed by atoms with Crippen LogP contribution in [0.4, 0.5) is 10.1 Å². The lowest BCUT2D eigenvalue weighted by atomic mass is 9.83. The highest BCUT2D eigenvalue weighted by Crippen LogP contribution is 2.34. The van der Waals surface area contributed by atoms with Crippen LogP contribution in [-0.4, -0.2) is 32.5 Å². The zero-order chi connectivity index (χ0) is 29.5. The molecular weight excluding hydrogens is 525 g/mol. The van der Waals surface area contributed by atoms with Gasteiger partial charge in [0.05, 0.1) is 12.1 Å². The lowest BCUT2D eigenvalue weighted by molar-refractivity contribution is -0.138. The molecule has 0 aliphatic heterocycles. The second-order valence-electron chi connectivity index (χ2n) is 9.81. The summed E-state index contributed by atoms with van der Waals surface area (Å²) in [7, 11) is 1.63. The first-order valence-electron chi connectivity index (χ1n) is 13.0. The number of halogens is 1. The van der Waals surface area contributed by atoms with Crippen molar-refractivity contribution in [3.63, 3.8) is 0 Å². The number of rotatable bonds is 10. The summed E-state index contributed by atoms with van der Waals surface area (Å²) in [6.45, 7) is 1.84. The molecule has 0 aliphatic rings. The number of amides is 1. The SMILES string of the molecule is Cc1cc(F)ccc1C(C/C(=N\O)c1ccc(=O)n(C)c1)c1ccc(-c2ccc(NC(=O)CCC(=O)O)cc2)cc1. The number of oxime groups is 1. The van der Waals surface area contributed by atoms with Crippen LogP contribution >= 0.6 is 0 Å². The predicted molar refractivity (Wildman–Crippen MR) is 155 cm³/mol. The minimum Gasteiger partial charge on any atom is -0.481 e. The van der Waals surface area contributed by atoms with Gasteiger partial charge in [0.2, 0.25) is 11.5 Å². The van der Waals surface area contributed by atoms with E-state index in [-0.39, 0.29) is 36.0 Å². The van der Waals surface area contributed by atoms with Crippen molar-refractivity contribution >= 4 is 23.3 Å². The number of pyridine rings is 1. The van der Waals surface area contributed by atoms with E-state index in [2.05, 4.69) is 10.5 Å². The Kier molecular flexibility index (Phi) is 9.08. The molecule has 0 spiro atoms. The molecule has 1 atom stereocenters. The lowest BCUT2D eigenvalue weighted by Crippen LogP contribution is -2.18. The number of benzene rings is 3. The van der Waals surface area contributed by atoms with Crippen LogP contribution in [0.25, 0.3) is 11.1 Å². The van der Waals surface area contributed by atoms with E-state index < -0.39 is 5.97 Å². The maximum Gasteiger partial charge on any atom is 0.303 e. The van der Waals surface area contributed by atoms with Crippen LogP contribution in [0.2, 0.25) is 0 Å². The lowest BCUT2D eigenvalue weighted by Gasteiger charge is -2.21. The Hall–Kier alpha value is -5.05. The third-order valence-corrected chi connectivity index (χ3v) is 6.93. The van der Waals surface area contributed by atoms with Gasteiger partial charge in [-0.3, -0.25) is 14.4 Å². The first-order chi connectivity index (χ1) is 19.6. The molecule has 1 unspecified atom stereocenters. The molecule has 0 radical (unpaired) electrons. The summed E-state index contributed by atoms with van der Waals surface area (Å²) in [5, 5.41) is 24.9. The molecular formula is C32H30FN3O5. The van der Waals surface area contributed by atoms with Crippen molar-refractivity contribution in [3.8, 4) is 11.1 Å². The van der Waals surface area contributed by atoms with Gasteiger partial charge in [0, 0.05) is 49.3 Å². The molecule has 0 aliphatic carbocycles. The summed E-state index contributed by atoms with van der Waals surface area (Å²) in [6, 6.07) is 22.8. The molecule has 210 valence electrons. The number of carboxylic acids is 1. The largest absolute Gasteiger partial charge is 0.481 e. The molecule has 3 aromatic carbocycles. The van der Waals surface area contributed by atoms with E-state index in [0.717, 1.165) is 27.8 Å². The van der Waals surface area contributed by atoms with Gasteiger partial charge >= 0.3 is 5.97 Å². The molecule has 9 heteroatoms. The molecule has 4 rings (SSSR count). The van der Waals surface area contributed by atoms with Gasteiger partial charge in [0.15, 0.2) is 0 Å². The second-order valence-corrected chi connectivity index (χ2v) is 9.81. The number of hydrogen-bond acceptors (Lipinski definition) is 5. The van der Waals surface area contributed by atoms with Gasteiger partial charge in [0.25, 0.3) is 0 Å². The van der Waals surface area contributed by atoms with Crippen molar-refractivity contribution in [2.24, 2.45) is 12.2 Å². The van der Waals surface area contributed by atoms with Gasteiger partial charge < -0.3 is 20.2 Å². The second kappa shape index (κ2) is 12.9. The summed E-state index contributed by atoms with van der Waals surface area (Å²) in [5.41, 5.74) is 5.80. The number of anilines is 1. The normalized spacial score (nSPS) is 12.1. The van der Waals surface area contributed by atoms with E-state index in [4.69, 9.17) is 5.11 Å². The van der Waals surface area contributed by atoms with Crippen molar-refractivity contribution in [3.05, 3.63) is 123 Å². The number of aromatic nitrogens is 1. The van der Waals surface area contributed by atoms with E-state index in [1.165, 1.54) is 22.8 Å². The maximum atomic E-state index is 14.0. The molecule has 1 amide bonds. The first kappa shape index (κ1) is 28.9. The van der Waals surface area contributed by atoms with Gasteiger partial charge in [-0.25, -0.2) is 4.39 Å². The molecule has 0 saturated heterocycles. The van der Waals surface area contributed by atoms with Crippen LogP contribution in [-0.2, 0) is 16.6 Å². The summed E-state index contributed by atoms with van der Waals surface area (Å²) in [5.74, 6) is -2.00. The van der Waals surface area contributed by atoms with E-state index in [0.29, 0.717) is 23.4 Å². The van der Waals surface area contributed by atoms with Crippen molar-refractivity contribution in [2.45, 2.75) is 32.1 Å². The van der Waals surface area contributed by atoms with Crippen LogP contribution in [0.1, 0.15) is 47.4 Å². The average molecular weight is 556 g/mol. The van der Waals surface area contributed by atoms with Crippen LogP contribution in [0.5, 0.6) is 0 Å². The van der Waals surface area contributed by atoms with Crippen LogP contribution in [0, 0.1) is 12.7 Å². The minimum atomic E-state index is -1.03. The zero-order valence-corrected chi connectivity index (χ0v) is 22.7. The highest BCUT2D eigenvalue weighted by atomic mass is 19.1. The number of carboxylic acid groups (broad SMARTS) is 1. The number of hydrogen-bond donors (Lipinski definition) is 3. The quantitative estimate of drug-likeness (QED) is 0.132. The Morgan fingerprint density at radius 2 is 1.61 bits per heavy atom. The molecule has 1 aromatic heterocycles. The summed E-state index contributed by atoms with van der Waals surface area (Å²) >= 11 is 0. The van der Waals surface area contributed by atoms with Gasteiger partial charge in [-0.05, 0) is 65.1 Å². The maximum absolute atomic E-state index is 14.0. The van der Waals surface area contributed by atoms with Gasteiger partial charge in [-0.1, -0.05) is 47.6 Å². The summed E-state index contributed by atoms with van der Waals surface area (Å²) < 4.78 is 15.4. The Morgan fingerprint density at radius 1 is 0.951 bits per heavy atom. The van der Waals surface area contributed by atoms with Gasteiger partial charge in [0.1, 0.15) is 5.82 Å². The standard InChI is InChI=1S/C32H30FN3O5/c1-20-17-25(33)10-13-27(20)28(18-29(35-41)24-9-15-31(38)36(2)19-24)23-5-3-21(4-6-23)22-7-11-26(12-8-22)34-30(37)14-16-32(39)40/h3-13,15,17,19,28,41H,14,16,18H2,1-2H3,(H,34,37)(H,39,40)/b35-29+. The number of carbonyl (C=O) groups excluding carboxylic acids is 1. The smallest absolute Gasteiger partial charge is 0.303 e. The number of aliphatic carboxylic acids is 1. The number of aryl methyl sites for hydroxylation is 2. The van der Waals surface area contributed by atoms with E-state index in [9.17, 15) is 24.0 Å². The topological polar surface area (TPSA) is 121 Å². The Labute approximate surface area is 236 Å². The molecule has 41 heavy (non-hydrogen) atoms. The first-order valence-corrected chi connectivity index (χ1v) is 13.0. The molecule has 0 bridgehead atoms. The fourth-order valence-corrected chi connectivity index (χ4v) is 4.71. The average Bonchev–Trinajstić information content (AvgIpc) is 2.95. The van der Waals surface area contributed by atoms with Crippen LogP contribution in [0.15, 0.2) is 95.0 Å². The Balaban J connectivity index is 1.60. The molecule has 3 N–H and O–H groups in total. The highest BCUT2D eigenvalue weighted by molar-refractivity contribution is 6.00. The van der Waals surface area contributed by atoms with E-state index >= 15 is 0 Å². The summed E-state index contributed by atoms with van der Waals surface area (Å²) in [4.78, 5) is 34.5. The zero-order valence-electron chi connectivity index (χ0n) is 22.7. The fraction of sp³-hybridized carbons (Fsp3) is 0.188. The Bertz CT molecular complexity index is 1640. The van der Waals surface area contributed by atoms with Crippen LogP contribution < -0.4 is 10.9 Å². The summed E-state index contributed by atoms with van der Waals surface area (Å²) in [6.07, 6.45) is 1.59. The predicted octanol–water partition coefficient (Wildman–Crippen LogP) is 5.70. The Morgan fingerprint density at radius 3 is 2.20 bits per heavy atom.